The maximum absolute atomic E-state index is 11.6. The van der Waals surface area contributed by atoms with E-state index in [1.54, 1.807) is 0 Å². The van der Waals surface area contributed by atoms with Gasteiger partial charge in [-0.1, -0.05) is 0 Å². The van der Waals surface area contributed by atoms with E-state index >= 15 is 0 Å². The quantitative estimate of drug-likeness (QED) is 0.152. The first-order valence-corrected chi connectivity index (χ1v) is 11.5. The Balaban J connectivity index is 1.78. The van der Waals surface area contributed by atoms with Crippen LogP contribution in [0.1, 0.15) is 12.8 Å². The molecule has 0 spiro atoms. The summed E-state index contributed by atoms with van der Waals surface area (Å²) in [4.78, 5) is 11.6. The van der Waals surface area contributed by atoms with Gasteiger partial charge < -0.3 is 78.5 Å². The Labute approximate surface area is 201 Å². The molecule has 0 aromatic heterocycles. The number of aliphatic hydroxyl groups is 5. The summed E-state index contributed by atoms with van der Waals surface area (Å²) in [7, 11) is 0. The van der Waals surface area contributed by atoms with Gasteiger partial charge in [-0.15, -0.1) is 0 Å². The number of hydrogen-bond acceptors (Lipinski definition) is 14. The lowest BCUT2D eigenvalue weighted by molar-refractivity contribution is -0.315. The molecule has 0 bridgehead atoms. The van der Waals surface area contributed by atoms with Crippen LogP contribution in [0.25, 0.3) is 0 Å². The molecule has 0 radical (unpaired) electrons. The van der Waals surface area contributed by atoms with Crippen LogP contribution in [0.15, 0.2) is 0 Å². The van der Waals surface area contributed by atoms with Crippen LogP contribution in [-0.2, 0) is 18.9 Å². The third kappa shape index (κ3) is 6.19. The van der Waals surface area contributed by atoms with Gasteiger partial charge in [0.15, 0.2) is 12.6 Å². The predicted molar refractivity (Wildman–Crippen MR) is 117 cm³/mol. The number of hydrogen-bond donors (Lipinski definition) is 11. The van der Waals surface area contributed by atoms with Gasteiger partial charge >= 0.3 is 6.03 Å². The fourth-order valence-corrected chi connectivity index (χ4v) is 4.71. The highest BCUT2D eigenvalue weighted by molar-refractivity contribution is 5.72. The van der Waals surface area contributed by atoms with Gasteiger partial charge in [0.2, 0.25) is 0 Å². The molecule has 0 aromatic carbocycles. The number of ether oxygens (including phenoxy) is 4. The van der Waals surface area contributed by atoms with Gasteiger partial charge in [-0.05, 0) is 12.8 Å². The lowest BCUT2D eigenvalue weighted by Crippen LogP contribution is -2.69. The van der Waals surface area contributed by atoms with Gasteiger partial charge in [0.1, 0.15) is 36.6 Å². The number of nitrogens with one attached hydrogen (secondary N) is 1. The van der Waals surface area contributed by atoms with Crippen LogP contribution in [0.4, 0.5) is 4.79 Å². The van der Waals surface area contributed by atoms with Crippen molar-refractivity contribution in [3.05, 3.63) is 0 Å². The van der Waals surface area contributed by atoms with E-state index in [1.165, 1.54) is 0 Å². The maximum atomic E-state index is 11.6. The van der Waals surface area contributed by atoms with Crippen LogP contribution in [0.3, 0.4) is 0 Å². The van der Waals surface area contributed by atoms with E-state index in [4.69, 9.17) is 47.6 Å². The number of carbonyl (C=O) groups is 1. The Morgan fingerprint density at radius 1 is 0.886 bits per heavy atom. The van der Waals surface area contributed by atoms with E-state index in [0.29, 0.717) is 0 Å². The highest BCUT2D eigenvalue weighted by Gasteiger charge is 2.51. The molecular formula is C19H38N6O10. The molecule has 16 nitrogen and oxygen atoms in total. The van der Waals surface area contributed by atoms with Crippen LogP contribution in [-0.4, -0.2) is 130 Å². The number of carbonyl (C=O) groups excluding carboxylic acids is 1. The highest BCUT2D eigenvalue weighted by Crippen LogP contribution is 2.31. The molecule has 3 aliphatic rings. The lowest BCUT2D eigenvalue weighted by atomic mass is 9.83. The molecule has 3 rings (SSSR count). The smallest absolute Gasteiger partial charge is 0.312 e. The molecule has 2 amide bonds. The Morgan fingerprint density at radius 3 is 2.11 bits per heavy atom. The van der Waals surface area contributed by atoms with Gasteiger partial charge in [-0.3, -0.25) is 0 Å². The minimum atomic E-state index is -1.51. The van der Waals surface area contributed by atoms with E-state index in [1.807, 2.05) is 0 Å². The Kier molecular flexibility index (Phi) is 9.60. The van der Waals surface area contributed by atoms with E-state index in [-0.39, 0.29) is 19.4 Å². The summed E-state index contributed by atoms with van der Waals surface area (Å²) in [5.41, 5.74) is 29.0. The van der Waals surface area contributed by atoms with E-state index in [9.17, 15) is 30.3 Å². The van der Waals surface area contributed by atoms with Crippen molar-refractivity contribution < 1.29 is 49.3 Å². The molecule has 0 aromatic rings. The van der Waals surface area contributed by atoms with Gasteiger partial charge in [-0.2, -0.15) is 0 Å². The van der Waals surface area contributed by atoms with Crippen LogP contribution < -0.4 is 34.0 Å². The standard InChI is InChI=1S/C19H38N6O10/c20-3-9-8(27)2-6(22)17(32-9)35-16-7(25-19(24)31)1-5(21)15(14(16)30)34-18-13(29)11(23)12(28)10(4-26)33-18/h5-18,26-30H,1-4,20-23H2,(H3,24,25,31)/t5-,6-,7+,8+,9-,10-,11+,12-,13-,14-,15+,16-,17-,18?/m1/s1. The average Bonchev–Trinajstić information content (AvgIpc) is 2.79. The second kappa shape index (κ2) is 11.9. The molecule has 14 atom stereocenters. The number of rotatable bonds is 7. The van der Waals surface area contributed by atoms with Crippen molar-refractivity contribution in [2.45, 2.75) is 98.4 Å². The van der Waals surface area contributed by atoms with E-state index in [2.05, 4.69) is 5.32 Å². The van der Waals surface area contributed by atoms with Crippen LogP contribution in [0, 0.1) is 0 Å². The lowest BCUT2D eigenvalue weighted by Gasteiger charge is -2.48. The maximum Gasteiger partial charge on any atom is 0.312 e. The summed E-state index contributed by atoms with van der Waals surface area (Å²) in [5.74, 6) is 0. The third-order valence-electron chi connectivity index (χ3n) is 6.70. The molecule has 16 heteroatoms. The molecule has 35 heavy (non-hydrogen) atoms. The zero-order valence-corrected chi connectivity index (χ0v) is 19.1. The zero-order valence-electron chi connectivity index (χ0n) is 19.1. The summed E-state index contributed by atoms with van der Waals surface area (Å²) in [6.07, 6.45) is -12.0. The molecule has 16 N–H and O–H groups in total. The van der Waals surface area contributed by atoms with E-state index < -0.39 is 98.2 Å². The van der Waals surface area contributed by atoms with Crippen molar-refractivity contribution >= 4 is 6.03 Å². The molecule has 2 aliphatic heterocycles. The van der Waals surface area contributed by atoms with Crippen molar-refractivity contribution in [1.29, 1.82) is 0 Å². The molecule has 1 saturated carbocycles. The third-order valence-corrected chi connectivity index (χ3v) is 6.70. The van der Waals surface area contributed by atoms with Gasteiger partial charge in [0.25, 0.3) is 0 Å². The Morgan fingerprint density at radius 2 is 1.51 bits per heavy atom. The predicted octanol–water partition coefficient (Wildman–Crippen LogP) is -6.59. The van der Waals surface area contributed by atoms with Crippen LogP contribution >= 0.6 is 0 Å². The van der Waals surface area contributed by atoms with Crippen molar-refractivity contribution in [3.63, 3.8) is 0 Å². The first kappa shape index (κ1) is 28.3. The van der Waals surface area contributed by atoms with E-state index in [0.717, 1.165) is 0 Å². The molecule has 1 aliphatic carbocycles. The van der Waals surface area contributed by atoms with Crippen LogP contribution in [0.5, 0.6) is 0 Å². The molecule has 2 saturated heterocycles. The monoisotopic (exact) mass is 510 g/mol. The van der Waals surface area contributed by atoms with Gasteiger partial charge in [0.05, 0.1) is 36.9 Å². The fraction of sp³-hybridized carbons (Fsp3) is 0.947. The summed E-state index contributed by atoms with van der Waals surface area (Å²) >= 11 is 0. The zero-order chi connectivity index (χ0) is 26.0. The summed E-state index contributed by atoms with van der Waals surface area (Å²) in [5, 5.41) is 53.6. The van der Waals surface area contributed by atoms with Crippen molar-refractivity contribution in [3.8, 4) is 0 Å². The van der Waals surface area contributed by atoms with Crippen molar-refractivity contribution in [2.24, 2.45) is 28.7 Å². The first-order valence-electron chi connectivity index (χ1n) is 11.5. The number of primary amides is 1. The number of amides is 2. The molecule has 3 fully saturated rings. The minimum absolute atomic E-state index is 0.00439. The fourth-order valence-electron chi connectivity index (χ4n) is 4.71. The van der Waals surface area contributed by atoms with Gasteiger partial charge in [-0.25, -0.2) is 4.79 Å². The molecule has 204 valence electrons. The topological polar surface area (TPSA) is 297 Å². The molecule has 2 heterocycles. The summed E-state index contributed by atoms with van der Waals surface area (Å²) < 4.78 is 22.8. The average molecular weight is 511 g/mol. The molecular weight excluding hydrogens is 472 g/mol. The van der Waals surface area contributed by atoms with Crippen molar-refractivity contribution in [1.82, 2.24) is 5.32 Å². The van der Waals surface area contributed by atoms with Gasteiger partial charge in [0, 0.05) is 12.6 Å². The molecule has 1 unspecified atom stereocenters. The van der Waals surface area contributed by atoms with Crippen molar-refractivity contribution in [2.75, 3.05) is 13.2 Å². The SMILES string of the molecule is NC[C@H]1O[C@H](O[C@H]2[C@H](O)[C@@H](OC3O[C@H](CO)[C@@H](O)[C@H](N)[C@H]3O)[C@H](N)C[C@@H]2NC(N)=O)[C@H](N)C[C@@H]1O. The number of aliphatic hydroxyl groups excluding tert-OH is 5. The Hall–Kier alpha value is -1.25. The summed E-state index contributed by atoms with van der Waals surface area (Å²) in [6.45, 7) is -0.599. The second-order valence-electron chi connectivity index (χ2n) is 9.24. The number of nitrogens with two attached hydrogens (primary N) is 5. The first-order chi connectivity index (χ1) is 16.5. The Bertz CT molecular complexity index is 709. The normalized spacial score (nSPS) is 48.9. The minimum Gasteiger partial charge on any atom is -0.394 e. The number of urea groups is 1. The van der Waals surface area contributed by atoms with Crippen LogP contribution in [0.2, 0.25) is 0 Å². The highest BCUT2D eigenvalue weighted by atomic mass is 16.7. The second-order valence-corrected chi connectivity index (χ2v) is 9.24. The largest absolute Gasteiger partial charge is 0.394 e. The summed E-state index contributed by atoms with van der Waals surface area (Å²) in [6, 6.07) is -4.64.